The Kier molecular flexibility index (Phi) is 7.73. The summed E-state index contributed by atoms with van der Waals surface area (Å²) in [5.74, 6) is 0.734. The quantitative estimate of drug-likeness (QED) is 0.657. The molecule has 2 unspecified atom stereocenters. The van der Waals surface area contributed by atoms with E-state index in [1.54, 1.807) is 0 Å². The summed E-state index contributed by atoms with van der Waals surface area (Å²) < 4.78 is 0. The molecule has 13 heavy (non-hydrogen) atoms. The Hall–Kier alpha value is -0.550. The van der Waals surface area contributed by atoms with Crippen molar-refractivity contribution in [3.8, 4) is 6.07 Å². The van der Waals surface area contributed by atoms with Crippen LogP contribution in [0.1, 0.15) is 46.5 Å². The Morgan fingerprint density at radius 1 is 1.38 bits per heavy atom. The van der Waals surface area contributed by atoms with Crippen molar-refractivity contribution in [1.29, 1.82) is 5.26 Å². The molecule has 0 aromatic heterocycles. The molecule has 0 aliphatic carbocycles. The van der Waals surface area contributed by atoms with Crippen LogP contribution in [0.4, 0.5) is 0 Å². The molecule has 0 spiro atoms. The fourth-order valence-corrected chi connectivity index (χ4v) is 1.43. The highest BCUT2D eigenvalue weighted by Gasteiger charge is 2.06. The highest BCUT2D eigenvalue weighted by Crippen LogP contribution is 2.04. The molecule has 2 atom stereocenters. The molecule has 2 heteroatoms. The molecule has 0 aromatic rings. The number of rotatable bonds is 7. The summed E-state index contributed by atoms with van der Waals surface area (Å²) >= 11 is 0. The SMILES string of the molecule is CCCC(C)CNC(CC)CC#N. The first-order chi connectivity index (χ1) is 6.24. The topological polar surface area (TPSA) is 35.8 Å². The Morgan fingerprint density at radius 3 is 2.54 bits per heavy atom. The van der Waals surface area contributed by atoms with Gasteiger partial charge in [0.2, 0.25) is 0 Å². The van der Waals surface area contributed by atoms with Gasteiger partial charge in [-0.15, -0.1) is 0 Å². The van der Waals surface area contributed by atoms with Crippen LogP contribution in [0.5, 0.6) is 0 Å². The van der Waals surface area contributed by atoms with Crippen LogP contribution < -0.4 is 5.32 Å². The molecule has 0 saturated heterocycles. The van der Waals surface area contributed by atoms with Gasteiger partial charge in [0.05, 0.1) is 12.5 Å². The van der Waals surface area contributed by atoms with E-state index in [9.17, 15) is 0 Å². The van der Waals surface area contributed by atoms with Gasteiger partial charge < -0.3 is 5.32 Å². The van der Waals surface area contributed by atoms with Gasteiger partial charge >= 0.3 is 0 Å². The van der Waals surface area contributed by atoms with Crippen LogP contribution in [0.3, 0.4) is 0 Å². The van der Waals surface area contributed by atoms with E-state index >= 15 is 0 Å². The van der Waals surface area contributed by atoms with E-state index in [1.807, 2.05) is 0 Å². The number of nitriles is 1. The van der Waals surface area contributed by atoms with Crippen molar-refractivity contribution in [3.05, 3.63) is 0 Å². The third kappa shape index (κ3) is 6.60. The van der Waals surface area contributed by atoms with E-state index in [0.717, 1.165) is 18.9 Å². The van der Waals surface area contributed by atoms with Crippen molar-refractivity contribution in [1.82, 2.24) is 5.32 Å². The second-order valence-electron chi connectivity index (χ2n) is 3.77. The molecule has 0 bridgehead atoms. The Morgan fingerprint density at radius 2 is 2.08 bits per heavy atom. The van der Waals surface area contributed by atoms with Gasteiger partial charge in [-0.1, -0.05) is 27.2 Å². The zero-order chi connectivity index (χ0) is 10.1. The Labute approximate surface area is 82.3 Å². The third-order valence-corrected chi connectivity index (χ3v) is 2.37. The molecule has 1 N–H and O–H groups in total. The van der Waals surface area contributed by atoms with Crippen LogP contribution in [-0.2, 0) is 0 Å². The molecular weight excluding hydrogens is 160 g/mol. The van der Waals surface area contributed by atoms with Crippen molar-refractivity contribution >= 4 is 0 Å². The van der Waals surface area contributed by atoms with E-state index in [2.05, 4.69) is 32.2 Å². The van der Waals surface area contributed by atoms with Crippen LogP contribution in [0.25, 0.3) is 0 Å². The fourth-order valence-electron chi connectivity index (χ4n) is 1.43. The first kappa shape index (κ1) is 12.4. The van der Waals surface area contributed by atoms with Gasteiger partial charge in [0.25, 0.3) is 0 Å². The van der Waals surface area contributed by atoms with Crippen LogP contribution in [0.2, 0.25) is 0 Å². The largest absolute Gasteiger partial charge is 0.313 e. The van der Waals surface area contributed by atoms with E-state index in [1.165, 1.54) is 12.8 Å². The van der Waals surface area contributed by atoms with Crippen LogP contribution >= 0.6 is 0 Å². The molecule has 0 aliphatic heterocycles. The summed E-state index contributed by atoms with van der Waals surface area (Å²) in [5, 5.41) is 12.0. The molecule has 0 aromatic carbocycles. The van der Waals surface area contributed by atoms with Crippen molar-refractivity contribution < 1.29 is 0 Å². The van der Waals surface area contributed by atoms with E-state index in [0.29, 0.717) is 12.5 Å². The first-order valence-corrected chi connectivity index (χ1v) is 5.34. The molecule has 0 saturated carbocycles. The van der Waals surface area contributed by atoms with Gasteiger partial charge in [0.15, 0.2) is 0 Å². The Balaban J connectivity index is 3.53. The standard InChI is InChI=1S/C11H22N2/c1-4-6-10(3)9-13-11(5-2)7-8-12/h10-11,13H,4-7,9H2,1-3H3. The lowest BCUT2D eigenvalue weighted by Gasteiger charge is -2.17. The summed E-state index contributed by atoms with van der Waals surface area (Å²) in [6.07, 6.45) is 4.20. The number of nitrogens with one attached hydrogen (secondary N) is 1. The highest BCUT2D eigenvalue weighted by molar-refractivity contribution is 4.79. The van der Waals surface area contributed by atoms with Gasteiger partial charge in [0.1, 0.15) is 0 Å². The molecule has 2 nitrogen and oxygen atoms in total. The molecule has 0 rings (SSSR count). The minimum atomic E-state index is 0.393. The van der Waals surface area contributed by atoms with Gasteiger partial charge in [-0.25, -0.2) is 0 Å². The Bertz CT molecular complexity index is 149. The third-order valence-electron chi connectivity index (χ3n) is 2.37. The summed E-state index contributed by atoms with van der Waals surface area (Å²) in [6.45, 7) is 7.65. The van der Waals surface area contributed by atoms with Gasteiger partial charge in [0, 0.05) is 6.04 Å². The van der Waals surface area contributed by atoms with Gasteiger partial charge in [-0.05, 0) is 25.3 Å². The molecule has 0 aliphatic rings. The normalized spacial score (nSPS) is 14.9. The summed E-state index contributed by atoms with van der Waals surface area (Å²) in [7, 11) is 0. The van der Waals surface area contributed by atoms with Crippen LogP contribution in [0.15, 0.2) is 0 Å². The van der Waals surface area contributed by atoms with E-state index < -0.39 is 0 Å². The number of nitrogens with zero attached hydrogens (tertiary/aromatic N) is 1. The van der Waals surface area contributed by atoms with Crippen LogP contribution in [-0.4, -0.2) is 12.6 Å². The maximum absolute atomic E-state index is 8.55. The van der Waals surface area contributed by atoms with Crippen molar-refractivity contribution in [2.24, 2.45) is 5.92 Å². The molecule has 0 fully saturated rings. The molecule has 0 amide bonds. The first-order valence-electron chi connectivity index (χ1n) is 5.34. The van der Waals surface area contributed by atoms with Crippen molar-refractivity contribution in [2.45, 2.75) is 52.5 Å². The van der Waals surface area contributed by atoms with Crippen molar-refractivity contribution in [2.75, 3.05) is 6.54 Å². The highest BCUT2D eigenvalue weighted by atomic mass is 14.9. The predicted octanol–water partition coefficient (Wildman–Crippen LogP) is 2.70. The van der Waals surface area contributed by atoms with E-state index in [-0.39, 0.29) is 0 Å². The molecular formula is C11H22N2. The number of hydrogen-bond donors (Lipinski definition) is 1. The monoisotopic (exact) mass is 182 g/mol. The maximum Gasteiger partial charge on any atom is 0.0638 e. The van der Waals surface area contributed by atoms with Crippen LogP contribution in [0, 0.1) is 17.2 Å². The molecule has 0 radical (unpaired) electrons. The van der Waals surface area contributed by atoms with Gasteiger partial charge in [-0.2, -0.15) is 5.26 Å². The fraction of sp³-hybridized carbons (Fsp3) is 0.909. The average molecular weight is 182 g/mol. The lowest BCUT2D eigenvalue weighted by atomic mass is 10.1. The lowest BCUT2D eigenvalue weighted by Crippen LogP contribution is -2.31. The molecule has 0 heterocycles. The maximum atomic E-state index is 8.55. The minimum absolute atomic E-state index is 0.393. The molecule has 76 valence electrons. The second kappa shape index (κ2) is 8.07. The smallest absolute Gasteiger partial charge is 0.0638 e. The zero-order valence-electron chi connectivity index (χ0n) is 9.14. The second-order valence-corrected chi connectivity index (χ2v) is 3.77. The number of hydrogen-bond acceptors (Lipinski definition) is 2. The summed E-state index contributed by atoms with van der Waals surface area (Å²) in [4.78, 5) is 0. The van der Waals surface area contributed by atoms with Gasteiger partial charge in [-0.3, -0.25) is 0 Å². The zero-order valence-corrected chi connectivity index (χ0v) is 9.14. The summed E-state index contributed by atoms with van der Waals surface area (Å²) in [6, 6.07) is 2.60. The average Bonchev–Trinajstić information content (AvgIpc) is 2.12. The van der Waals surface area contributed by atoms with Crippen molar-refractivity contribution in [3.63, 3.8) is 0 Å². The predicted molar refractivity (Wildman–Crippen MR) is 56.4 cm³/mol. The van der Waals surface area contributed by atoms with E-state index in [4.69, 9.17) is 5.26 Å². The lowest BCUT2D eigenvalue weighted by molar-refractivity contribution is 0.420. The minimum Gasteiger partial charge on any atom is -0.313 e. The summed E-state index contributed by atoms with van der Waals surface area (Å²) in [5.41, 5.74) is 0.